The maximum atomic E-state index is 12.2. The molecule has 0 radical (unpaired) electrons. The van der Waals surface area contributed by atoms with E-state index in [4.69, 9.17) is 4.74 Å². The van der Waals surface area contributed by atoms with Crippen LogP contribution in [0.3, 0.4) is 0 Å². The summed E-state index contributed by atoms with van der Waals surface area (Å²) in [7, 11) is 0. The predicted octanol–water partition coefficient (Wildman–Crippen LogP) is 1.59. The summed E-state index contributed by atoms with van der Waals surface area (Å²) in [6.07, 6.45) is 0.959. The summed E-state index contributed by atoms with van der Waals surface area (Å²) in [6, 6.07) is 8.17. The molecule has 2 fully saturated rings. The Labute approximate surface area is 137 Å². The molecule has 0 aliphatic carbocycles. The second-order valence-corrected chi connectivity index (χ2v) is 6.61. The van der Waals surface area contributed by atoms with Crippen molar-refractivity contribution in [3.63, 3.8) is 0 Å². The van der Waals surface area contributed by atoms with E-state index >= 15 is 0 Å². The van der Waals surface area contributed by atoms with Crippen molar-refractivity contribution in [2.24, 2.45) is 5.92 Å². The Kier molecular flexibility index (Phi) is 4.66. The van der Waals surface area contributed by atoms with Crippen LogP contribution in [-0.4, -0.2) is 53.9 Å². The molecule has 1 aromatic carbocycles. The number of nitrogens with zero attached hydrogens (tertiary/aromatic N) is 2. The molecule has 2 saturated heterocycles. The van der Waals surface area contributed by atoms with Crippen LogP contribution in [0.1, 0.15) is 24.5 Å². The second-order valence-electron chi connectivity index (χ2n) is 6.61. The van der Waals surface area contributed by atoms with E-state index in [1.807, 2.05) is 19.1 Å². The highest BCUT2D eigenvalue weighted by atomic mass is 16.5. The van der Waals surface area contributed by atoms with E-state index in [0.717, 1.165) is 6.42 Å². The number of aryl methyl sites for hydroxylation is 1. The molecule has 124 valence electrons. The number of carbonyl (C=O) groups excluding carboxylic acids is 2. The van der Waals surface area contributed by atoms with E-state index in [-0.39, 0.29) is 30.4 Å². The van der Waals surface area contributed by atoms with Gasteiger partial charge in [0.1, 0.15) is 0 Å². The van der Waals surface area contributed by atoms with E-state index in [1.54, 1.807) is 9.80 Å². The zero-order valence-corrected chi connectivity index (χ0v) is 13.8. The Morgan fingerprint density at radius 2 is 2.04 bits per heavy atom. The van der Waals surface area contributed by atoms with Gasteiger partial charge in [-0.05, 0) is 24.5 Å². The van der Waals surface area contributed by atoms with Crippen LogP contribution < -0.4 is 0 Å². The van der Waals surface area contributed by atoms with Crippen LogP contribution in [0.25, 0.3) is 0 Å². The largest absolute Gasteiger partial charge is 0.370 e. The first kappa shape index (κ1) is 16.0. The van der Waals surface area contributed by atoms with Gasteiger partial charge in [-0.2, -0.15) is 0 Å². The maximum Gasteiger partial charge on any atom is 0.242 e. The van der Waals surface area contributed by atoms with Crippen LogP contribution >= 0.6 is 0 Å². The third-order valence-corrected chi connectivity index (χ3v) is 4.83. The van der Waals surface area contributed by atoms with Gasteiger partial charge < -0.3 is 14.5 Å². The molecule has 5 heteroatoms. The van der Waals surface area contributed by atoms with Gasteiger partial charge in [-0.1, -0.05) is 31.2 Å². The SMILES string of the molecule is Cc1ccccc1COC1CN(C(=O)CN2CC[C@H](C)C2=O)C1. The third kappa shape index (κ3) is 3.55. The summed E-state index contributed by atoms with van der Waals surface area (Å²) in [5.41, 5.74) is 2.41. The summed E-state index contributed by atoms with van der Waals surface area (Å²) < 4.78 is 5.86. The standard InChI is InChI=1S/C18H24N2O3/c1-13-5-3-4-6-15(13)12-23-16-9-20(10-16)17(21)11-19-8-7-14(2)18(19)22/h3-6,14,16H,7-12H2,1-2H3/t14-/m0/s1. The minimum absolute atomic E-state index is 0.0307. The van der Waals surface area contributed by atoms with Gasteiger partial charge in [0.15, 0.2) is 0 Å². The molecule has 0 N–H and O–H groups in total. The van der Waals surface area contributed by atoms with Crippen molar-refractivity contribution in [3.8, 4) is 0 Å². The fourth-order valence-electron chi connectivity index (χ4n) is 3.04. The zero-order chi connectivity index (χ0) is 16.4. The molecule has 2 aliphatic rings. The average Bonchev–Trinajstić information content (AvgIpc) is 2.79. The van der Waals surface area contributed by atoms with Gasteiger partial charge in [0, 0.05) is 25.6 Å². The van der Waals surface area contributed by atoms with Gasteiger partial charge in [-0.25, -0.2) is 0 Å². The number of ether oxygens (including phenoxy) is 1. The Morgan fingerprint density at radius 3 is 2.70 bits per heavy atom. The molecule has 0 aromatic heterocycles. The molecule has 0 unspecified atom stereocenters. The quantitative estimate of drug-likeness (QED) is 0.829. The molecule has 0 saturated carbocycles. The summed E-state index contributed by atoms with van der Waals surface area (Å²) in [5, 5.41) is 0. The fourth-order valence-corrected chi connectivity index (χ4v) is 3.04. The average molecular weight is 316 g/mol. The minimum Gasteiger partial charge on any atom is -0.370 e. The van der Waals surface area contributed by atoms with E-state index < -0.39 is 0 Å². The van der Waals surface area contributed by atoms with E-state index in [0.29, 0.717) is 26.2 Å². The Bertz CT molecular complexity index is 596. The van der Waals surface area contributed by atoms with Crippen LogP contribution in [0.2, 0.25) is 0 Å². The van der Waals surface area contributed by atoms with Crippen LogP contribution in [-0.2, 0) is 20.9 Å². The number of amides is 2. The highest BCUT2D eigenvalue weighted by molar-refractivity contribution is 5.87. The van der Waals surface area contributed by atoms with Gasteiger partial charge in [-0.3, -0.25) is 9.59 Å². The topological polar surface area (TPSA) is 49.9 Å². The van der Waals surface area contributed by atoms with E-state index in [2.05, 4.69) is 19.1 Å². The van der Waals surface area contributed by atoms with Gasteiger partial charge >= 0.3 is 0 Å². The van der Waals surface area contributed by atoms with Crippen LogP contribution in [0.15, 0.2) is 24.3 Å². The molecule has 5 nitrogen and oxygen atoms in total. The molecule has 0 spiro atoms. The first-order chi connectivity index (χ1) is 11.0. The lowest BCUT2D eigenvalue weighted by molar-refractivity contribution is -0.149. The van der Waals surface area contributed by atoms with Crippen LogP contribution in [0.4, 0.5) is 0 Å². The number of carbonyl (C=O) groups is 2. The number of hydrogen-bond donors (Lipinski definition) is 0. The summed E-state index contributed by atoms with van der Waals surface area (Å²) in [5.74, 6) is 0.193. The Morgan fingerprint density at radius 1 is 1.30 bits per heavy atom. The number of benzene rings is 1. The van der Waals surface area contributed by atoms with E-state index in [1.165, 1.54) is 11.1 Å². The molecule has 1 atom stereocenters. The highest BCUT2D eigenvalue weighted by Gasteiger charge is 2.35. The van der Waals surface area contributed by atoms with Gasteiger partial charge in [0.05, 0.1) is 19.3 Å². The third-order valence-electron chi connectivity index (χ3n) is 4.83. The van der Waals surface area contributed by atoms with Crippen LogP contribution in [0, 0.1) is 12.8 Å². The van der Waals surface area contributed by atoms with Gasteiger partial charge in [0.25, 0.3) is 0 Å². The highest BCUT2D eigenvalue weighted by Crippen LogP contribution is 2.19. The molecule has 23 heavy (non-hydrogen) atoms. The van der Waals surface area contributed by atoms with Gasteiger partial charge in [-0.15, -0.1) is 0 Å². The monoisotopic (exact) mass is 316 g/mol. The fraction of sp³-hybridized carbons (Fsp3) is 0.556. The molecule has 1 aromatic rings. The van der Waals surface area contributed by atoms with Crippen molar-refractivity contribution in [2.45, 2.75) is 33.0 Å². The van der Waals surface area contributed by atoms with Crippen molar-refractivity contribution < 1.29 is 14.3 Å². The van der Waals surface area contributed by atoms with Crippen molar-refractivity contribution in [2.75, 3.05) is 26.2 Å². The summed E-state index contributed by atoms with van der Waals surface area (Å²) in [4.78, 5) is 27.5. The van der Waals surface area contributed by atoms with Crippen molar-refractivity contribution in [3.05, 3.63) is 35.4 Å². The molecule has 0 bridgehead atoms. The lowest BCUT2D eigenvalue weighted by Crippen LogP contribution is -2.57. The zero-order valence-electron chi connectivity index (χ0n) is 13.8. The summed E-state index contributed by atoms with van der Waals surface area (Å²) in [6.45, 7) is 6.75. The van der Waals surface area contributed by atoms with Crippen LogP contribution in [0.5, 0.6) is 0 Å². The Hall–Kier alpha value is -1.88. The summed E-state index contributed by atoms with van der Waals surface area (Å²) >= 11 is 0. The molecule has 2 aliphatic heterocycles. The van der Waals surface area contributed by atoms with Crippen molar-refractivity contribution in [1.82, 2.24) is 9.80 Å². The molecule has 2 amide bonds. The second kappa shape index (κ2) is 6.71. The number of hydrogen-bond acceptors (Lipinski definition) is 3. The molecular formula is C18H24N2O3. The van der Waals surface area contributed by atoms with E-state index in [9.17, 15) is 9.59 Å². The molecular weight excluding hydrogens is 292 g/mol. The van der Waals surface area contributed by atoms with Crippen molar-refractivity contribution in [1.29, 1.82) is 0 Å². The first-order valence-electron chi connectivity index (χ1n) is 8.27. The Balaban J connectivity index is 1.40. The predicted molar refractivity (Wildman–Crippen MR) is 86.7 cm³/mol. The number of likely N-dealkylation sites (tertiary alicyclic amines) is 2. The van der Waals surface area contributed by atoms with Crippen molar-refractivity contribution >= 4 is 11.8 Å². The number of rotatable bonds is 5. The van der Waals surface area contributed by atoms with Gasteiger partial charge in [0.2, 0.25) is 11.8 Å². The molecule has 2 heterocycles. The lowest BCUT2D eigenvalue weighted by Gasteiger charge is -2.39. The smallest absolute Gasteiger partial charge is 0.242 e. The first-order valence-corrected chi connectivity index (χ1v) is 8.27. The normalized spacial score (nSPS) is 21.7. The molecule has 3 rings (SSSR count). The minimum atomic E-state index is 0.0307. The lowest BCUT2D eigenvalue weighted by atomic mass is 10.1. The maximum absolute atomic E-state index is 12.2.